The van der Waals surface area contributed by atoms with E-state index in [1.165, 1.54) is 27.0 Å². The normalized spacial score (nSPS) is 18.2. The van der Waals surface area contributed by atoms with E-state index in [4.69, 9.17) is 0 Å². The molecule has 1 heterocycles. The second-order valence-corrected chi connectivity index (χ2v) is 4.37. The summed E-state index contributed by atoms with van der Waals surface area (Å²) >= 11 is 0. The van der Waals surface area contributed by atoms with Gasteiger partial charge >= 0.3 is 0 Å². The van der Waals surface area contributed by atoms with Crippen LogP contribution in [0.5, 0.6) is 0 Å². The van der Waals surface area contributed by atoms with Crippen LogP contribution in [0.1, 0.15) is 5.56 Å². The second-order valence-electron chi connectivity index (χ2n) is 1.90. The van der Waals surface area contributed by atoms with Crippen LogP contribution in [0.4, 0.5) is 0 Å². The zero-order valence-corrected chi connectivity index (χ0v) is 6.57. The SMILES string of the molecule is C1=P[P]c2ccccc21. The fourth-order valence-electron chi connectivity index (χ4n) is 0.841. The van der Waals surface area contributed by atoms with Gasteiger partial charge in [-0.15, -0.1) is 0 Å². The largest absolute Gasteiger partial charge is 0.0646 e. The van der Waals surface area contributed by atoms with Crippen molar-refractivity contribution < 1.29 is 0 Å². The van der Waals surface area contributed by atoms with E-state index < -0.39 is 0 Å². The van der Waals surface area contributed by atoms with E-state index in [-0.39, 0.29) is 0 Å². The molecule has 43 valence electrons. The predicted octanol–water partition coefficient (Wildman–Crippen LogP) is 2.28. The van der Waals surface area contributed by atoms with Crippen LogP contribution in [0.3, 0.4) is 0 Å². The Hall–Kier alpha value is -0.180. The minimum absolute atomic E-state index is 1.42. The molecule has 0 atom stereocenters. The molecule has 0 N–H and O–H groups in total. The minimum atomic E-state index is 1.42. The first-order valence-corrected chi connectivity index (χ1v) is 5.36. The van der Waals surface area contributed by atoms with Gasteiger partial charge in [-0.3, -0.25) is 0 Å². The third-order valence-corrected chi connectivity index (χ3v) is 3.77. The lowest BCUT2D eigenvalue weighted by atomic mass is 10.2. The van der Waals surface area contributed by atoms with Crippen molar-refractivity contribution in [1.29, 1.82) is 0 Å². The maximum absolute atomic E-state index is 2.26. The summed E-state index contributed by atoms with van der Waals surface area (Å²) < 4.78 is 0. The van der Waals surface area contributed by atoms with E-state index in [2.05, 4.69) is 30.1 Å². The van der Waals surface area contributed by atoms with Crippen LogP contribution in [0, 0.1) is 0 Å². The Bertz CT molecular complexity index is 253. The highest BCUT2D eigenvalue weighted by Crippen LogP contribution is 2.33. The summed E-state index contributed by atoms with van der Waals surface area (Å²) in [6, 6.07) is 8.54. The van der Waals surface area contributed by atoms with Gasteiger partial charge in [0.2, 0.25) is 0 Å². The van der Waals surface area contributed by atoms with E-state index >= 15 is 0 Å². The fourth-order valence-corrected chi connectivity index (χ4v) is 3.35. The molecule has 0 saturated carbocycles. The molecule has 1 aliphatic rings. The van der Waals surface area contributed by atoms with Crippen LogP contribution < -0.4 is 5.30 Å². The molecule has 0 aromatic heterocycles. The summed E-state index contributed by atoms with van der Waals surface area (Å²) in [5.41, 5.74) is 1.42. The van der Waals surface area contributed by atoms with Crippen molar-refractivity contribution in [3.8, 4) is 0 Å². The molecule has 0 spiro atoms. The predicted molar refractivity (Wildman–Crippen MR) is 45.1 cm³/mol. The highest BCUT2D eigenvalue weighted by molar-refractivity contribution is 8.15. The van der Waals surface area contributed by atoms with Crippen molar-refractivity contribution in [2.75, 3.05) is 0 Å². The average molecular weight is 151 g/mol. The average Bonchev–Trinajstić information content (AvgIpc) is 2.33. The van der Waals surface area contributed by atoms with E-state index in [0.29, 0.717) is 0 Å². The van der Waals surface area contributed by atoms with E-state index in [1.54, 1.807) is 0 Å². The van der Waals surface area contributed by atoms with Crippen LogP contribution in [0.25, 0.3) is 0 Å². The molecule has 0 aliphatic carbocycles. The molecule has 1 aromatic carbocycles. The van der Waals surface area contributed by atoms with Crippen LogP contribution in [0.2, 0.25) is 0 Å². The Morgan fingerprint density at radius 3 is 2.89 bits per heavy atom. The van der Waals surface area contributed by atoms with Crippen molar-refractivity contribution in [3.05, 3.63) is 29.8 Å². The van der Waals surface area contributed by atoms with E-state index in [9.17, 15) is 0 Å². The van der Waals surface area contributed by atoms with Gasteiger partial charge in [-0.1, -0.05) is 32.2 Å². The lowest BCUT2D eigenvalue weighted by Gasteiger charge is -1.91. The molecule has 2 rings (SSSR count). The van der Waals surface area contributed by atoms with Crippen LogP contribution in [0.15, 0.2) is 24.3 Å². The molecule has 0 amide bonds. The smallest absolute Gasteiger partial charge is 0.0169 e. The summed E-state index contributed by atoms with van der Waals surface area (Å²) in [5.74, 6) is 2.26. The van der Waals surface area contributed by atoms with Gasteiger partial charge in [-0.05, 0) is 16.7 Å². The molecule has 9 heavy (non-hydrogen) atoms. The summed E-state index contributed by atoms with van der Waals surface area (Å²) in [6.45, 7) is 0. The summed E-state index contributed by atoms with van der Waals surface area (Å²) in [7, 11) is 2.86. The van der Waals surface area contributed by atoms with Crippen molar-refractivity contribution >= 4 is 27.3 Å². The van der Waals surface area contributed by atoms with Crippen molar-refractivity contribution in [3.63, 3.8) is 0 Å². The number of benzene rings is 1. The highest BCUT2D eigenvalue weighted by atomic mass is 32.0. The van der Waals surface area contributed by atoms with Crippen LogP contribution in [-0.2, 0) is 0 Å². The molecule has 0 bridgehead atoms. The molecule has 0 fully saturated rings. The van der Waals surface area contributed by atoms with Crippen LogP contribution >= 0.6 is 16.2 Å². The molecule has 0 saturated heterocycles. The minimum Gasteiger partial charge on any atom is -0.0646 e. The zero-order valence-electron chi connectivity index (χ0n) is 4.78. The molecule has 1 aliphatic heterocycles. The topological polar surface area (TPSA) is 0 Å². The summed E-state index contributed by atoms with van der Waals surface area (Å²) in [5, 5.41) is 1.47. The Labute approximate surface area is 57.8 Å². The van der Waals surface area contributed by atoms with E-state index in [0.717, 1.165) is 0 Å². The molecular weight excluding hydrogens is 146 g/mol. The first-order chi connectivity index (χ1) is 4.47. The lowest BCUT2D eigenvalue weighted by molar-refractivity contribution is 1.76. The maximum Gasteiger partial charge on any atom is 0.0169 e. The van der Waals surface area contributed by atoms with Gasteiger partial charge in [0.05, 0.1) is 0 Å². The maximum atomic E-state index is 2.26. The molecular formula is C7H5P2. The fraction of sp³-hybridized carbons (Fsp3) is 0. The van der Waals surface area contributed by atoms with Gasteiger partial charge in [0.15, 0.2) is 0 Å². The molecule has 1 radical (unpaired) electrons. The van der Waals surface area contributed by atoms with Crippen molar-refractivity contribution in [2.24, 2.45) is 0 Å². The quantitative estimate of drug-likeness (QED) is 0.499. The Morgan fingerprint density at radius 1 is 1.11 bits per heavy atom. The lowest BCUT2D eigenvalue weighted by Crippen LogP contribution is -1.95. The Kier molecular flexibility index (Phi) is 1.38. The second kappa shape index (κ2) is 2.21. The monoisotopic (exact) mass is 151 g/mol. The third-order valence-electron chi connectivity index (χ3n) is 1.30. The third kappa shape index (κ3) is 0.936. The van der Waals surface area contributed by atoms with Crippen molar-refractivity contribution in [2.45, 2.75) is 0 Å². The van der Waals surface area contributed by atoms with Crippen molar-refractivity contribution in [1.82, 2.24) is 0 Å². The number of hydrogen-bond acceptors (Lipinski definition) is 0. The van der Waals surface area contributed by atoms with Gasteiger partial charge < -0.3 is 0 Å². The molecule has 2 heteroatoms. The molecule has 0 nitrogen and oxygen atoms in total. The standard InChI is InChI=1S/C7H5P2/c1-2-4-7-6(3-1)5-8-9-7/h1-5H. The Morgan fingerprint density at radius 2 is 2.00 bits per heavy atom. The zero-order chi connectivity index (χ0) is 6.10. The number of rotatable bonds is 0. The summed E-state index contributed by atoms with van der Waals surface area (Å²) in [4.78, 5) is 0. The van der Waals surface area contributed by atoms with E-state index in [1.807, 2.05) is 0 Å². The highest BCUT2D eigenvalue weighted by Gasteiger charge is 2.02. The first kappa shape index (κ1) is 5.59. The Balaban J connectivity index is 2.63. The number of hydrogen-bond donors (Lipinski definition) is 0. The number of fused-ring (bicyclic) bond motifs is 1. The van der Waals surface area contributed by atoms with Gasteiger partial charge in [-0.2, -0.15) is 0 Å². The molecule has 1 aromatic rings. The van der Waals surface area contributed by atoms with Crippen LogP contribution in [-0.4, -0.2) is 5.80 Å². The van der Waals surface area contributed by atoms with Gasteiger partial charge in [0, 0.05) is 8.27 Å². The first-order valence-electron chi connectivity index (χ1n) is 2.80. The van der Waals surface area contributed by atoms with Gasteiger partial charge in [0.25, 0.3) is 0 Å². The molecule has 0 unspecified atom stereocenters. The van der Waals surface area contributed by atoms with Gasteiger partial charge in [-0.25, -0.2) is 0 Å². The van der Waals surface area contributed by atoms with Gasteiger partial charge in [0.1, 0.15) is 0 Å². The summed E-state index contributed by atoms with van der Waals surface area (Å²) in [6.07, 6.45) is 0.